The minimum absolute atomic E-state index is 0.176. The Morgan fingerprint density at radius 3 is 2.00 bits per heavy atom. The Morgan fingerprint density at radius 2 is 1.71 bits per heavy atom. The lowest BCUT2D eigenvalue weighted by Gasteiger charge is -1.94. The van der Waals surface area contributed by atoms with Crippen LogP contribution in [0.15, 0.2) is 12.7 Å². The van der Waals surface area contributed by atoms with Crippen LogP contribution in [0.5, 0.6) is 0 Å². The van der Waals surface area contributed by atoms with Crippen LogP contribution in [0.3, 0.4) is 0 Å². The smallest absolute Gasteiger partial charge is 0.305 e. The molecule has 0 heterocycles. The first kappa shape index (κ1) is 15.7. The van der Waals surface area contributed by atoms with Crippen molar-refractivity contribution in [1.29, 1.82) is 0 Å². The number of hydrogen-bond acceptors (Lipinski definition) is 2. The van der Waals surface area contributed by atoms with Crippen LogP contribution >= 0.6 is 0 Å². The number of rotatable bonds is 6. The van der Waals surface area contributed by atoms with Gasteiger partial charge in [0.2, 0.25) is 0 Å². The molecular formula is C12H24O2. The number of carbonyl (C=O) groups excluding carboxylic acids is 1. The van der Waals surface area contributed by atoms with Crippen LogP contribution < -0.4 is 0 Å². The summed E-state index contributed by atoms with van der Waals surface area (Å²) in [6, 6.07) is 0. The van der Waals surface area contributed by atoms with Gasteiger partial charge in [-0.15, -0.1) is 0 Å². The molecule has 0 aromatic heterocycles. The summed E-state index contributed by atoms with van der Waals surface area (Å²) < 4.78 is 4.58. The maximum absolute atomic E-state index is 10.3. The molecule has 0 aromatic carbocycles. The van der Waals surface area contributed by atoms with Gasteiger partial charge in [0.05, 0.1) is 0 Å². The largest absolute Gasteiger partial charge is 0.461 e. The lowest BCUT2D eigenvalue weighted by atomic mass is 10.2. The monoisotopic (exact) mass is 200 g/mol. The zero-order chi connectivity index (χ0) is 11.2. The first-order valence-electron chi connectivity index (χ1n) is 5.49. The van der Waals surface area contributed by atoms with Crippen molar-refractivity contribution in [1.82, 2.24) is 0 Å². The molecule has 14 heavy (non-hydrogen) atoms. The molecule has 0 saturated carbocycles. The number of ether oxygens (including phenoxy) is 1. The van der Waals surface area contributed by atoms with Crippen LogP contribution in [-0.4, -0.2) is 12.6 Å². The van der Waals surface area contributed by atoms with Crippen molar-refractivity contribution in [2.75, 3.05) is 6.61 Å². The lowest BCUT2D eigenvalue weighted by Crippen LogP contribution is -2.00. The summed E-state index contributed by atoms with van der Waals surface area (Å²) in [4.78, 5) is 10.3. The molecule has 0 fully saturated rings. The van der Waals surface area contributed by atoms with E-state index in [2.05, 4.69) is 25.2 Å². The molecule has 84 valence electrons. The third-order valence-corrected chi connectivity index (χ3v) is 1.61. The van der Waals surface area contributed by atoms with Gasteiger partial charge in [-0.05, 0) is 0 Å². The summed E-state index contributed by atoms with van der Waals surface area (Å²) in [5.74, 6) is -0.176. The quantitative estimate of drug-likeness (QED) is 0.371. The van der Waals surface area contributed by atoms with Gasteiger partial charge in [0.25, 0.3) is 0 Å². The number of esters is 1. The highest BCUT2D eigenvalue weighted by atomic mass is 16.5. The van der Waals surface area contributed by atoms with Crippen LogP contribution in [0.4, 0.5) is 0 Å². The number of carbonyl (C=O) groups is 1. The van der Waals surface area contributed by atoms with E-state index in [0.29, 0.717) is 13.0 Å². The topological polar surface area (TPSA) is 26.3 Å². The highest BCUT2D eigenvalue weighted by Crippen LogP contribution is 1.95. The van der Waals surface area contributed by atoms with Crippen molar-refractivity contribution in [3.8, 4) is 0 Å². The molecule has 0 aliphatic carbocycles. The Morgan fingerprint density at radius 1 is 1.21 bits per heavy atom. The van der Waals surface area contributed by atoms with E-state index in [1.807, 2.05) is 0 Å². The fourth-order valence-electron chi connectivity index (χ4n) is 0.754. The van der Waals surface area contributed by atoms with E-state index < -0.39 is 0 Å². The summed E-state index contributed by atoms with van der Waals surface area (Å²) in [6.45, 7) is 9.93. The molecule has 0 aliphatic heterocycles. The number of unbranched alkanes of at least 4 members (excludes halogenated alkanes) is 3. The zero-order valence-electron chi connectivity index (χ0n) is 9.84. The third kappa shape index (κ3) is 17.3. The Hall–Kier alpha value is -0.790. The molecule has 0 radical (unpaired) electrons. The second kappa shape index (κ2) is 14.7. The van der Waals surface area contributed by atoms with E-state index in [1.54, 1.807) is 13.0 Å². The average molecular weight is 200 g/mol. The predicted molar refractivity (Wildman–Crippen MR) is 61.3 cm³/mol. The van der Waals surface area contributed by atoms with Crippen molar-refractivity contribution >= 4 is 5.97 Å². The molecular weight excluding hydrogens is 176 g/mol. The summed E-state index contributed by atoms with van der Waals surface area (Å²) in [5.41, 5.74) is 0. The molecule has 0 aliphatic rings. The van der Waals surface area contributed by atoms with Gasteiger partial charge < -0.3 is 4.74 Å². The zero-order valence-corrected chi connectivity index (χ0v) is 9.84. The average Bonchev–Trinajstić information content (AvgIpc) is 2.23. The summed E-state index contributed by atoms with van der Waals surface area (Å²) in [5, 5.41) is 0. The maximum atomic E-state index is 10.3. The molecule has 0 saturated heterocycles. The molecule has 2 heteroatoms. The van der Waals surface area contributed by atoms with Crippen LogP contribution in [0.25, 0.3) is 0 Å². The second-order valence-electron chi connectivity index (χ2n) is 3.03. The van der Waals surface area contributed by atoms with Crippen LogP contribution in [0, 0.1) is 0 Å². The summed E-state index contributed by atoms with van der Waals surface area (Å²) >= 11 is 0. The van der Waals surface area contributed by atoms with E-state index in [0.717, 1.165) is 0 Å². The van der Waals surface area contributed by atoms with Gasteiger partial charge in [0.1, 0.15) is 6.61 Å². The van der Waals surface area contributed by atoms with Gasteiger partial charge in [0.15, 0.2) is 0 Å². The van der Waals surface area contributed by atoms with E-state index >= 15 is 0 Å². The first-order chi connectivity index (χ1) is 6.72. The first-order valence-corrected chi connectivity index (χ1v) is 5.49. The molecule has 2 nitrogen and oxygen atoms in total. The van der Waals surface area contributed by atoms with Crippen molar-refractivity contribution in [2.24, 2.45) is 0 Å². The van der Waals surface area contributed by atoms with Gasteiger partial charge >= 0.3 is 5.97 Å². The Balaban J connectivity index is 0. The molecule has 0 aromatic rings. The van der Waals surface area contributed by atoms with E-state index in [1.165, 1.54) is 25.7 Å². The molecule has 0 bridgehead atoms. The fraction of sp³-hybridized carbons (Fsp3) is 0.750. The summed E-state index contributed by atoms with van der Waals surface area (Å²) in [7, 11) is 0. The van der Waals surface area contributed by atoms with Gasteiger partial charge in [-0.2, -0.15) is 0 Å². The van der Waals surface area contributed by atoms with Crippen molar-refractivity contribution in [2.45, 2.75) is 52.9 Å². The predicted octanol–water partition coefficient (Wildman–Crippen LogP) is 3.71. The minimum Gasteiger partial charge on any atom is -0.461 e. The van der Waals surface area contributed by atoms with E-state index in [9.17, 15) is 4.79 Å². The highest BCUT2D eigenvalue weighted by Gasteiger charge is 1.92. The van der Waals surface area contributed by atoms with Crippen molar-refractivity contribution in [3.05, 3.63) is 12.7 Å². The fourth-order valence-corrected chi connectivity index (χ4v) is 0.754. The Kier molecular flexibility index (Phi) is 16.5. The van der Waals surface area contributed by atoms with E-state index in [4.69, 9.17) is 0 Å². The molecule has 0 rings (SSSR count). The van der Waals surface area contributed by atoms with Gasteiger partial charge in [0, 0.05) is 6.42 Å². The van der Waals surface area contributed by atoms with Crippen LogP contribution in [0.2, 0.25) is 0 Å². The van der Waals surface area contributed by atoms with Crippen molar-refractivity contribution in [3.63, 3.8) is 0 Å². The third-order valence-electron chi connectivity index (χ3n) is 1.61. The lowest BCUT2D eigenvalue weighted by molar-refractivity contribution is -0.141. The van der Waals surface area contributed by atoms with Gasteiger partial charge in [-0.1, -0.05) is 59.1 Å². The van der Waals surface area contributed by atoms with Crippen molar-refractivity contribution < 1.29 is 9.53 Å². The molecule has 0 N–H and O–H groups in total. The minimum atomic E-state index is -0.176. The van der Waals surface area contributed by atoms with Crippen LogP contribution in [0.1, 0.15) is 52.9 Å². The number of hydrogen-bond donors (Lipinski definition) is 0. The second-order valence-corrected chi connectivity index (χ2v) is 3.03. The highest BCUT2D eigenvalue weighted by molar-refractivity contribution is 5.68. The normalized spacial score (nSPS) is 8.50. The van der Waals surface area contributed by atoms with Gasteiger partial charge in [-0.3, -0.25) is 4.79 Å². The van der Waals surface area contributed by atoms with Crippen LogP contribution in [-0.2, 0) is 9.53 Å². The Bertz CT molecular complexity index is 126. The Labute approximate surface area is 88.3 Å². The molecule has 0 spiro atoms. The molecule has 0 atom stereocenters. The van der Waals surface area contributed by atoms with E-state index in [-0.39, 0.29) is 5.97 Å². The molecule has 0 unspecified atom stereocenters. The summed E-state index contributed by atoms with van der Waals surface area (Å²) in [6.07, 6.45) is 7.52. The maximum Gasteiger partial charge on any atom is 0.305 e. The SMILES string of the molecule is C=CCOC(=O)CC.CCCCCC. The molecule has 0 amide bonds. The van der Waals surface area contributed by atoms with Gasteiger partial charge in [-0.25, -0.2) is 0 Å². The standard InChI is InChI=1S/C6H10O2.C6H14/c1-3-5-8-6(7)4-2;1-3-5-6-4-2/h3H,1,4-5H2,2H3;3-6H2,1-2H3.